The largest absolute Gasteiger partial charge is 0.489 e. The van der Waals surface area contributed by atoms with Gasteiger partial charge in [-0.2, -0.15) is 0 Å². The second-order valence-electron chi connectivity index (χ2n) is 3.79. The molecule has 0 unspecified atom stereocenters. The summed E-state index contributed by atoms with van der Waals surface area (Å²) >= 11 is 3.50. The molecule has 1 aromatic carbocycles. The van der Waals surface area contributed by atoms with Crippen LogP contribution in [0.2, 0.25) is 0 Å². The second-order valence-corrected chi connectivity index (χ2v) is 4.64. The number of aromatic nitrogens is 1. The fourth-order valence-corrected chi connectivity index (χ4v) is 1.95. The molecule has 1 N–H and O–H groups in total. The lowest BCUT2D eigenvalue weighted by atomic mass is 10.2. The third-order valence-electron chi connectivity index (χ3n) is 2.44. The number of anilines is 1. The Bertz CT molecular complexity index is 517. The molecule has 0 spiro atoms. The van der Waals surface area contributed by atoms with Gasteiger partial charge in [0.2, 0.25) is 0 Å². The summed E-state index contributed by atoms with van der Waals surface area (Å²) in [5.41, 5.74) is 1.12. The number of ether oxygens (including phenoxy) is 1. The number of rotatable bonds is 5. The lowest BCUT2D eigenvalue weighted by molar-refractivity contribution is 0.305. The van der Waals surface area contributed by atoms with Gasteiger partial charge in [0.1, 0.15) is 18.2 Å². The highest BCUT2D eigenvalue weighted by Gasteiger charge is 2.01. The molecule has 0 saturated heterocycles. The maximum Gasteiger partial charge on any atom is 0.129 e. The Labute approximate surface area is 115 Å². The minimum Gasteiger partial charge on any atom is -0.489 e. The molecule has 94 valence electrons. The molecular formula is C14H15BrN2O. The Kier molecular flexibility index (Phi) is 4.59. The molecule has 0 aliphatic rings. The highest BCUT2D eigenvalue weighted by atomic mass is 79.9. The molecule has 0 amide bonds. The summed E-state index contributed by atoms with van der Waals surface area (Å²) in [5.74, 6) is 1.65. The number of hydrogen-bond donors (Lipinski definition) is 1. The van der Waals surface area contributed by atoms with Crippen LogP contribution in [0.5, 0.6) is 5.75 Å². The normalized spacial score (nSPS) is 10.1. The SMILES string of the molecule is CCNc1cc(OCc2ccccc2Br)ccn1. The van der Waals surface area contributed by atoms with Crippen LogP contribution >= 0.6 is 15.9 Å². The Morgan fingerprint density at radius 1 is 1.28 bits per heavy atom. The van der Waals surface area contributed by atoms with E-state index in [2.05, 4.69) is 26.2 Å². The maximum atomic E-state index is 5.75. The number of pyridine rings is 1. The molecule has 0 fully saturated rings. The number of nitrogens with zero attached hydrogens (tertiary/aromatic N) is 1. The highest BCUT2D eigenvalue weighted by molar-refractivity contribution is 9.10. The van der Waals surface area contributed by atoms with Crippen molar-refractivity contribution in [1.82, 2.24) is 4.98 Å². The molecule has 0 bridgehead atoms. The van der Waals surface area contributed by atoms with E-state index >= 15 is 0 Å². The monoisotopic (exact) mass is 306 g/mol. The predicted octanol–water partition coefficient (Wildman–Crippen LogP) is 3.85. The molecule has 0 radical (unpaired) electrons. The summed E-state index contributed by atoms with van der Waals surface area (Å²) in [6.45, 7) is 3.42. The second kappa shape index (κ2) is 6.40. The van der Waals surface area contributed by atoms with Crippen LogP contribution in [0.15, 0.2) is 47.1 Å². The zero-order valence-corrected chi connectivity index (χ0v) is 11.8. The Balaban J connectivity index is 2.02. The first-order chi connectivity index (χ1) is 8.79. The molecule has 2 rings (SSSR count). The average Bonchev–Trinajstić information content (AvgIpc) is 2.39. The Morgan fingerprint density at radius 3 is 2.89 bits per heavy atom. The van der Waals surface area contributed by atoms with Crippen LogP contribution in [-0.2, 0) is 6.61 Å². The third-order valence-corrected chi connectivity index (χ3v) is 3.22. The summed E-state index contributed by atoms with van der Waals surface area (Å²) in [7, 11) is 0. The molecule has 1 heterocycles. The molecular weight excluding hydrogens is 292 g/mol. The number of benzene rings is 1. The maximum absolute atomic E-state index is 5.75. The van der Waals surface area contributed by atoms with E-state index in [9.17, 15) is 0 Å². The topological polar surface area (TPSA) is 34.1 Å². The highest BCUT2D eigenvalue weighted by Crippen LogP contribution is 2.20. The van der Waals surface area contributed by atoms with E-state index in [1.807, 2.05) is 43.3 Å². The van der Waals surface area contributed by atoms with Gasteiger partial charge < -0.3 is 10.1 Å². The smallest absolute Gasteiger partial charge is 0.129 e. The van der Waals surface area contributed by atoms with E-state index in [1.165, 1.54) is 0 Å². The van der Waals surface area contributed by atoms with Gasteiger partial charge in [-0.15, -0.1) is 0 Å². The van der Waals surface area contributed by atoms with E-state index in [0.29, 0.717) is 6.61 Å². The van der Waals surface area contributed by atoms with Crippen molar-refractivity contribution < 1.29 is 4.74 Å². The van der Waals surface area contributed by atoms with Crippen LogP contribution in [0.4, 0.5) is 5.82 Å². The standard InChI is InChI=1S/C14H15BrN2O/c1-2-16-14-9-12(7-8-17-14)18-10-11-5-3-4-6-13(11)15/h3-9H,2,10H2,1H3,(H,16,17). The number of nitrogens with one attached hydrogen (secondary N) is 1. The van der Waals surface area contributed by atoms with Crippen LogP contribution < -0.4 is 10.1 Å². The van der Waals surface area contributed by atoms with Gasteiger partial charge in [0.25, 0.3) is 0 Å². The molecule has 3 nitrogen and oxygen atoms in total. The quantitative estimate of drug-likeness (QED) is 0.911. The van der Waals surface area contributed by atoms with E-state index in [0.717, 1.165) is 28.1 Å². The minimum atomic E-state index is 0.539. The number of hydrogen-bond acceptors (Lipinski definition) is 3. The molecule has 4 heteroatoms. The van der Waals surface area contributed by atoms with Crippen molar-refractivity contribution in [3.05, 3.63) is 52.6 Å². The van der Waals surface area contributed by atoms with Gasteiger partial charge in [-0.25, -0.2) is 4.98 Å². The molecule has 0 aliphatic carbocycles. The van der Waals surface area contributed by atoms with Gasteiger partial charge in [0.05, 0.1) is 0 Å². The van der Waals surface area contributed by atoms with Gasteiger partial charge >= 0.3 is 0 Å². The summed E-state index contributed by atoms with van der Waals surface area (Å²) < 4.78 is 6.81. The van der Waals surface area contributed by atoms with Crippen LogP contribution in [-0.4, -0.2) is 11.5 Å². The van der Waals surface area contributed by atoms with Crippen LogP contribution in [0.25, 0.3) is 0 Å². The molecule has 0 atom stereocenters. The van der Waals surface area contributed by atoms with Crippen molar-refractivity contribution in [1.29, 1.82) is 0 Å². The van der Waals surface area contributed by atoms with Crippen molar-refractivity contribution in [2.24, 2.45) is 0 Å². The Hall–Kier alpha value is -1.55. The van der Waals surface area contributed by atoms with E-state index in [4.69, 9.17) is 4.74 Å². The fourth-order valence-electron chi connectivity index (χ4n) is 1.56. The lowest BCUT2D eigenvalue weighted by Crippen LogP contribution is -2.00. The Morgan fingerprint density at radius 2 is 2.11 bits per heavy atom. The number of halogens is 1. The first-order valence-corrected chi connectivity index (χ1v) is 6.65. The van der Waals surface area contributed by atoms with Gasteiger partial charge in [0.15, 0.2) is 0 Å². The summed E-state index contributed by atoms with van der Waals surface area (Å²) in [6, 6.07) is 11.8. The summed E-state index contributed by atoms with van der Waals surface area (Å²) in [5, 5.41) is 3.16. The molecule has 18 heavy (non-hydrogen) atoms. The van der Waals surface area contributed by atoms with E-state index in [-0.39, 0.29) is 0 Å². The lowest BCUT2D eigenvalue weighted by Gasteiger charge is -2.09. The first-order valence-electron chi connectivity index (χ1n) is 5.85. The average molecular weight is 307 g/mol. The van der Waals surface area contributed by atoms with Crippen molar-refractivity contribution in [3.8, 4) is 5.75 Å². The zero-order chi connectivity index (χ0) is 12.8. The molecule has 0 aliphatic heterocycles. The first kappa shape index (κ1) is 12.9. The van der Waals surface area contributed by atoms with E-state index < -0.39 is 0 Å². The van der Waals surface area contributed by atoms with Crippen molar-refractivity contribution in [3.63, 3.8) is 0 Å². The molecule has 2 aromatic rings. The summed E-state index contributed by atoms with van der Waals surface area (Å²) in [6.07, 6.45) is 1.74. The van der Waals surface area contributed by atoms with Gasteiger partial charge in [-0.3, -0.25) is 0 Å². The molecule has 0 saturated carbocycles. The predicted molar refractivity (Wildman–Crippen MR) is 76.9 cm³/mol. The van der Waals surface area contributed by atoms with Crippen LogP contribution in [0.3, 0.4) is 0 Å². The van der Waals surface area contributed by atoms with Gasteiger partial charge in [-0.05, 0) is 19.1 Å². The fraction of sp³-hybridized carbons (Fsp3) is 0.214. The van der Waals surface area contributed by atoms with Crippen molar-refractivity contribution in [2.75, 3.05) is 11.9 Å². The van der Waals surface area contributed by atoms with Crippen molar-refractivity contribution >= 4 is 21.7 Å². The van der Waals surface area contributed by atoms with Crippen LogP contribution in [0, 0.1) is 0 Å². The van der Waals surface area contributed by atoms with E-state index in [1.54, 1.807) is 6.20 Å². The van der Waals surface area contributed by atoms with Gasteiger partial charge in [-0.1, -0.05) is 34.1 Å². The van der Waals surface area contributed by atoms with Gasteiger partial charge in [0, 0.05) is 28.8 Å². The van der Waals surface area contributed by atoms with Crippen molar-refractivity contribution in [2.45, 2.75) is 13.5 Å². The molecule has 1 aromatic heterocycles. The van der Waals surface area contributed by atoms with Crippen LogP contribution in [0.1, 0.15) is 12.5 Å². The minimum absolute atomic E-state index is 0.539. The summed E-state index contributed by atoms with van der Waals surface area (Å²) in [4.78, 5) is 4.20. The third kappa shape index (κ3) is 3.47. The zero-order valence-electron chi connectivity index (χ0n) is 10.2.